The lowest BCUT2D eigenvalue weighted by Gasteiger charge is -2.38. The van der Waals surface area contributed by atoms with E-state index in [-0.39, 0.29) is 5.91 Å². The molecule has 1 aliphatic rings. The van der Waals surface area contributed by atoms with Crippen LogP contribution in [-0.4, -0.2) is 27.5 Å². The Morgan fingerprint density at radius 3 is 2.42 bits per heavy atom. The van der Waals surface area contributed by atoms with E-state index >= 15 is 0 Å². The normalized spacial score (nSPS) is 14.7. The van der Waals surface area contributed by atoms with E-state index in [1.54, 1.807) is 17.4 Å². The number of amides is 1. The van der Waals surface area contributed by atoms with Crippen LogP contribution >= 0.6 is 11.3 Å². The number of carbonyl (C=O) groups is 2. The van der Waals surface area contributed by atoms with Crippen molar-refractivity contribution < 1.29 is 14.7 Å². The van der Waals surface area contributed by atoms with Gasteiger partial charge in [-0.05, 0) is 48.2 Å². The van der Waals surface area contributed by atoms with Crippen LogP contribution in [-0.2, 0) is 4.79 Å². The van der Waals surface area contributed by atoms with Gasteiger partial charge in [-0.3, -0.25) is 4.79 Å². The highest BCUT2D eigenvalue weighted by Gasteiger charge is 2.45. The minimum absolute atomic E-state index is 0.352. The van der Waals surface area contributed by atoms with Gasteiger partial charge in [-0.1, -0.05) is 48.5 Å². The second-order valence-electron chi connectivity index (χ2n) is 7.88. The molecule has 0 aliphatic heterocycles. The van der Waals surface area contributed by atoms with Crippen molar-refractivity contribution in [3.05, 3.63) is 77.7 Å². The van der Waals surface area contributed by atoms with Crippen molar-refractivity contribution in [1.82, 2.24) is 10.3 Å². The molecule has 5 nitrogen and oxygen atoms in total. The molecule has 1 heterocycles. The summed E-state index contributed by atoms with van der Waals surface area (Å²) in [5.74, 6) is -1.32. The first-order valence-electron chi connectivity index (χ1n) is 10.2. The largest absolute Gasteiger partial charge is 0.480 e. The van der Waals surface area contributed by atoms with Gasteiger partial charge in [0.15, 0.2) is 0 Å². The van der Waals surface area contributed by atoms with E-state index in [0.29, 0.717) is 18.4 Å². The highest BCUT2D eigenvalue weighted by Crippen LogP contribution is 2.33. The molecule has 1 aliphatic carbocycles. The molecule has 0 radical (unpaired) electrons. The Morgan fingerprint density at radius 1 is 0.935 bits per heavy atom. The van der Waals surface area contributed by atoms with Crippen LogP contribution in [0.4, 0.5) is 0 Å². The quantitative estimate of drug-likeness (QED) is 0.448. The summed E-state index contributed by atoms with van der Waals surface area (Å²) < 4.78 is 0. The predicted molar refractivity (Wildman–Crippen MR) is 122 cm³/mol. The SMILES string of the molecule is O=C(NC1(C(=O)O)CCC1)c1ccc2ccc(-c3nc(-c4ccccc4)cs3)cc2c1. The number of fused-ring (bicyclic) bond motifs is 1. The molecule has 2 N–H and O–H groups in total. The Morgan fingerprint density at radius 2 is 1.71 bits per heavy atom. The van der Waals surface area contributed by atoms with Crippen molar-refractivity contribution in [3.8, 4) is 21.8 Å². The first kappa shape index (κ1) is 19.5. The Hall–Kier alpha value is -3.51. The molecule has 5 rings (SSSR count). The summed E-state index contributed by atoms with van der Waals surface area (Å²) in [6.45, 7) is 0. The van der Waals surface area contributed by atoms with Crippen molar-refractivity contribution in [3.63, 3.8) is 0 Å². The summed E-state index contributed by atoms with van der Waals surface area (Å²) in [6.07, 6.45) is 1.76. The predicted octanol–water partition coefficient (Wildman–Crippen LogP) is 5.37. The zero-order valence-corrected chi connectivity index (χ0v) is 17.5. The first-order valence-corrected chi connectivity index (χ1v) is 11.0. The lowest BCUT2D eigenvalue weighted by Crippen LogP contribution is -2.59. The molecular weight excluding hydrogens is 408 g/mol. The molecular formula is C25H20N2O3S. The number of nitrogens with zero attached hydrogens (tertiary/aromatic N) is 1. The smallest absolute Gasteiger partial charge is 0.329 e. The number of aliphatic carboxylic acids is 1. The van der Waals surface area contributed by atoms with Gasteiger partial charge in [0.1, 0.15) is 10.5 Å². The molecule has 0 spiro atoms. The number of nitrogens with one attached hydrogen (secondary N) is 1. The van der Waals surface area contributed by atoms with Crippen molar-refractivity contribution >= 4 is 34.0 Å². The lowest BCUT2D eigenvalue weighted by atomic mass is 9.76. The highest BCUT2D eigenvalue weighted by molar-refractivity contribution is 7.13. The molecule has 0 bridgehead atoms. The standard InChI is InChI=1S/C25H20N2O3S/c28-22(27-25(24(29)30)11-4-12-25)18-9-7-16-8-10-19(14-20(16)13-18)23-26-21(15-31-23)17-5-2-1-3-6-17/h1-3,5-10,13-15H,4,11-12H2,(H,27,28)(H,29,30). The van der Waals surface area contributed by atoms with E-state index in [0.717, 1.165) is 39.0 Å². The summed E-state index contributed by atoms with van der Waals surface area (Å²) in [6, 6.07) is 21.6. The van der Waals surface area contributed by atoms with Crippen LogP contribution in [0.5, 0.6) is 0 Å². The van der Waals surface area contributed by atoms with Gasteiger partial charge in [0, 0.05) is 22.1 Å². The zero-order valence-electron chi connectivity index (χ0n) is 16.7. The number of hydrogen-bond acceptors (Lipinski definition) is 4. The minimum atomic E-state index is -1.12. The van der Waals surface area contributed by atoms with Gasteiger partial charge >= 0.3 is 5.97 Å². The lowest BCUT2D eigenvalue weighted by molar-refractivity contribution is -0.148. The molecule has 1 aromatic heterocycles. The summed E-state index contributed by atoms with van der Waals surface area (Å²) in [4.78, 5) is 29.1. The molecule has 154 valence electrons. The number of rotatable bonds is 5. The van der Waals surface area contributed by atoms with Crippen LogP contribution in [0.15, 0.2) is 72.1 Å². The van der Waals surface area contributed by atoms with Crippen molar-refractivity contribution in [2.45, 2.75) is 24.8 Å². The summed E-state index contributed by atoms with van der Waals surface area (Å²) in [5, 5.41) is 17.1. The Labute approximate surface area is 183 Å². The number of aromatic nitrogens is 1. The van der Waals surface area contributed by atoms with Crippen LogP contribution in [0, 0.1) is 0 Å². The highest BCUT2D eigenvalue weighted by atomic mass is 32.1. The van der Waals surface area contributed by atoms with E-state index in [9.17, 15) is 14.7 Å². The number of benzene rings is 3. The maximum absolute atomic E-state index is 12.7. The van der Waals surface area contributed by atoms with E-state index in [1.165, 1.54) is 0 Å². The molecule has 4 aromatic rings. The van der Waals surface area contributed by atoms with Gasteiger partial charge in [0.2, 0.25) is 0 Å². The van der Waals surface area contributed by atoms with Gasteiger partial charge in [0.05, 0.1) is 5.69 Å². The summed E-state index contributed by atoms with van der Waals surface area (Å²) in [7, 11) is 0. The second kappa shape index (κ2) is 7.63. The van der Waals surface area contributed by atoms with Gasteiger partial charge in [-0.25, -0.2) is 9.78 Å². The van der Waals surface area contributed by atoms with Crippen LogP contribution in [0.25, 0.3) is 32.6 Å². The number of carboxylic acid groups (broad SMARTS) is 1. The fourth-order valence-corrected chi connectivity index (χ4v) is 4.71. The molecule has 1 amide bonds. The molecule has 0 atom stereocenters. The number of carbonyl (C=O) groups excluding carboxylic acids is 1. The van der Waals surface area contributed by atoms with Crippen molar-refractivity contribution in [2.75, 3.05) is 0 Å². The number of carboxylic acids is 1. The van der Waals surface area contributed by atoms with E-state index in [2.05, 4.69) is 5.32 Å². The second-order valence-corrected chi connectivity index (χ2v) is 8.73. The third kappa shape index (κ3) is 3.59. The first-order chi connectivity index (χ1) is 15.0. The fourth-order valence-electron chi connectivity index (χ4n) is 3.88. The monoisotopic (exact) mass is 428 g/mol. The molecule has 0 unspecified atom stereocenters. The van der Waals surface area contributed by atoms with Crippen molar-refractivity contribution in [2.24, 2.45) is 0 Å². The maximum atomic E-state index is 12.7. The Bertz CT molecular complexity index is 1290. The average molecular weight is 429 g/mol. The van der Waals surface area contributed by atoms with Gasteiger partial charge in [-0.15, -0.1) is 11.3 Å². The molecule has 1 saturated carbocycles. The van der Waals surface area contributed by atoms with Gasteiger partial charge < -0.3 is 10.4 Å². The molecule has 3 aromatic carbocycles. The Balaban J connectivity index is 1.44. The summed E-state index contributed by atoms with van der Waals surface area (Å²) in [5.41, 5.74) is 2.34. The zero-order chi connectivity index (χ0) is 21.4. The Kier molecular flexibility index (Phi) is 4.79. The van der Waals surface area contributed by atoms with E-state index in [1.807, 2.05) is 66.0 Å². The number of thiazole rings is 1. The molecule has 1 fully saturated rings. The van der Waals surface area contributed by atoms with E-state index in [4.69, 9.17) is 4.98 Å². The van der Waals surface area contributed by atoms with Crippen LogP contribution < -0.4 is 5.32 Å². The average Bonchev–Trinajstić information content (AvgIpc) is 3.26. The van der Waals surface area contributed by atoms with Gasteiger partial charge in [0.25, 0.3) is 5.91 Å². The van der Waals surface area contributed by atoms with Crippen molar-refractivity contribution in [1.29, 1.82) is 0 Å². The third-order valence-electron chi connectivity index (χ3n) is 5.89. The van der Waals surface area contributed by atoms with Crippen LogP contribution in [0.2, 0.25) is 0 Å². The maximum Gasteiger partial charge on any atom is 0.329 e. The number of hydrogen-bond donors (Lipinski definition) is 2. The molecule has 0 saturated heterocycles. The fraction of sp³-hybridized carbons (Fsp3) is 0.160. The molecule has 6 heteroatoms. The van der Waals surface area contributed by atoms with Crippen LogP contribution in [0.3, 0.4) is 0 Å². The van der Waals surface area contributed by atoms with Crippen LogP contribution in [0.1, 0.15) is 29.6 Å². The molecule has 31 heavy (non-hydrogen) atoms. The third-order valence-corrected chi connectivity index (χ3v) is 6.78. The topological polar surface area (TPSA) is 79.3 Å². The van der Waals surface area contributed by atoms with E-state index < -0.39 is 11.5 Å². The van der Waals surface area contributed by atoms with Gasteiger partial charge in [-0.2, -0.15) is 0 Å². The minimum Gasteiger partial charge on any atom is -0.480 e. The summed E-state index contributed by atoms with van der Waals surface area (Å²) >= 11 is 1.58.